The fourth-order valence-corrected chi connectivity index (χ4v) is 4.25. The standard InChI is InChI=1S/C26H23NO4/c28-23-15-25(31-24-13-4-3-12-22(23)24)26(29)27(17-20-10-6-14-30-20)16-19-9-5-8-18-7-1-2-11-21(18)19/h1-5,7-9,11-13,15,20H,6,10,14,16-17H2/t20-/m0/s1. The Labute approximate surface area is 179 Å². The second kappa shape index (κ2) is 8.36. The van der Waals surface area contributed by atoms with Crippen LogP contribution in [-0.2, 0) is 11.3 Å². The molecule has 4 aromatic rings. The molecule has 31 heavy (non-hydrogen) atoms. The zero-order valence-electron chi connectivity index (χ0n) is 17.1. The van der Waals surface area contributed by atoms with Crippen molar-refractivity contribution in [1.29, 1.82) is 0 Å². The van der Waals surface area contributed by atoms with Crippen LogP contribution in [0.2, 0.25) is 0 Å². The highest BCUT2D eigenvalue weighted by Crippen LogP contribution is 2.23. The van der Waals surface area contributed by atoms with E-state index in [0.29, 0.717) is 30.7 Å². The lowest BCUT2D eigenvalue weighted by molar-refractivity contribution is 0.0485. The van der Waals surface area contributed by atoms with Gasteiger partial charge in [-0.25, -0.2) is 0 Å². The normalized spacial score (nSPS) is 16.1. The molecule has 1 aliphatic rings. The van der Waals surface area contributed by atoms with E-state index in [2.05, 4.69) is 18.2 Å². The van der Waals surface area contributed by atoms with Crippen LogP contribution in [0.3, 0.4) is 0 Å². The maximum Gasteiger partial charge on any atom is 0.290 e. The number of hydrogen-bond donors (Lipinski definition) is 0. The van der Waals surface area contributed by atoms with Crippen LogP contribution in [0.4, 0.5) is 0 Å². The number of para-hydroxylation sites is 1. The van der Waals surface area contributed by atoms with Crippen molar-refractivity contribution in [2.24, 2.45) is 0 Å². The number of hydrogen-bond acceptors (Lipinski definition) is 4. The van der Waals surface area contributed by atoms with Crippen molar-refractivity contribution in [3.05, 3.63) is 94.3 Å². The first-order valence-corrected chi connectivity index (χ1v) is 10.6. The maximum absolute atomic E-state index is 13.5. The molecule has 1 aromatic heterocycles. The molecule has 0 radical (unpaired) electrons. The lowest BCUT2D eigenvalue weighted by atomic mass is 10.0. The molecule has 5 rings (SSSR count). The molecule has 5 nitrogen and oxygen atoms in total. The van der Waals surface area contributed by atoms with Crippen molar-refractivity contribution >= 4 is 27.6 Å². The Morgan fingerprint density at radius 2 is 1.74 bits per heavy atom. The van der Waals surface area contributed by atoms with Gasteiger partial charge >= 0.3 is 0 Å². The van der Waals surface area contributed by atoms with Gasteiger partial charge < -0.3 is 14.1 Å². The minimum absolute atomic E-state index is 0.00824. The third kappa shape index (κ3) is 3.97. The Morgan fingerprint density at radius 3 is 2.58 bits per heavy atom. The van der Waals surface area contributed by atoms with E-state index in [1.165, 1.54) is 6.07 Å². The summed E-state index contributed by atoms with van der Waals surface area (Å²) >= 11 is 0. The molecule has 0 unspecified atom stereocenters. The molecule has 3 aromatic carbocycles. The minimum atomic E-state index is -0.300. The van der Waals surface area contributed by atoms with Gasteiger partial charge in [-0.1, -0.05) is 54.6 Å². The van der Waals surface area contributed by atoms with Crippen LogP contribution >= 0.6 is 0 Å². The highest BCUT2D eigenvalue weighted by Gasteiger charge is 2.26. The predicted molar refractivity (Wildman–Crippen MR) is 120 cm³/mol. The van der Waals surface area contributed by atoms with Crippen molar-refractivity contribution < 1.29 is 13.9 Å². The zero-order chi connectivity index (χ0) is 21.2. The number of carbonyl (C=O) groups is 1. The summed E-state index contributed by atoms with van der Waals surface area (Å²) in [6.45, 7) is 1.58. The molecular weight excluding hydrogens is 390 g/mol. The van der Waals surface area contributed by atoms with Crippen LogP contribution in [0.25, 0.3) is 21.7 Å². The van der Waals surface area contributed by atoms with Gasteiger partial charge in [0, 0.05) is 25.8 Å². The molecule has 0 aliphatic carbocycles. The SMILES string of the molecule is O=C(c1cc(=O)c2ccccc2o1)N(Cc1cccc2ccccc12)C[C@@H]1CCCO1. The quantitative estimate of drug-likeness (QED) is 0.473. The number of rotatable bonds is 5. The molecule has 1 fully saturated rings. The number of carbonyl (C=O) groups excluding carboxylic acids is 1. The molecule has 0 saturated carbocycles. The lowest BCUT2D eigenvalue weighted by Gasteiger charge is -2.25. The Kier molecular flexibility index (Phi) is 5.26. The van der Waals surface area contributed by atoms with Crippen molar-refractivity contribution in [2.75, 3.05) is 13.2 Å². The van der Waals surface area contributed by atoms with Crippen molar-refractivity contribution in [3.8, 4) is 0 Å². The smallest absolute Gasteiger partial charge is 0.290 e. The highest BCUT2D eigenvalue weighted by atomic mass is 16.5. The third-order valence-electron chi connectivity index (χ3n) is 5.82. The van der Waals surface area contributed by atoms with Gasteiger partial charge in [-0.15, -0.1) is 0 Å². The topological polar surface area (TPSA) is 59.8 Å². The molecule has 1 aliphatic heterocycles. The van der Waals surface area contributed by atoms with E-state index >= 15 is 0 Å². The van der Waals surface area contributed by atoms with Gasteiger partial charge in [0.05, 0.1) is 11.5 Å². The summed E-state index contributed by atoms with van der Waals surface area (Å²) in [4.78, 5) is 27.8. The Balaban J connectivity index is 1.52. The third-order valence-corrected chi connectivity index (χ3v) is 5.82. The molecule has 1 saturated heterocycles. The first kappa shape index (κ1) is 19.5. The summed E-state index contributed by atoms with van der Waals surface area (Å²) in [5, 5.41) is 2.70. The van der Waals surface area contributed by atoms with E-state index in [-0.39, 0.29) is 23.2 Å². The lowest BCUT2D eigenvalue weighted by Crippen LogP contribution is -2.37. The molecule has 1 atom stereocenters. The second-order valence-corrected chi connectivity index (χ2v) is 7.93. The van der Waals surface area contributed by atoms with Crippen LogP contribution < -0.4 is 5.43 Å². The number of benzene rings is 3. The van der Waals surface area contributed by atoms with Gasteiger partial charge in [0.1, 0.15) is 5.58 Å². The molecule has 0 N–H and O–H groups in total. The van der Waals surface area contributed by atoms with Gasteiger partial charge in [-0.3, -0.25) is 9.59 Å². The molecule has 0 bridgehead atoms. The minimum Gasteiger partial charge on any atom is -0.451 e. The van der Waals surface area contributed by atoms with Gasteiger partial charge in [0.25, 0.3) is 5.91 Å². The first-order chi connectivity index (χ1) is 15.2. The predicted octanol–water partition coefficient (Wildman–Crippen LogP) is 4.77. The summed E-state index contributed by atoms with van der Waals surface area (Å²) in [6.07, 6.45) is 1.90. The largest absolute Gasteiger partial charge is 0.451 e. The number of nitrogens with zero attached hydrogens (tertiary/aromatic N) is 1. The van der Waals surface area contributed by atoms with E-state index in [0.717, 1.165) is 29.2 Å². The molecule has 1 amide bonds. The van der Waals surface area contributed by atoms with Crippen LogP contribution in [0, 0.1) is 0 Å². The number of fused-ring (bicyclic) bond motifs is 2. The number of ether oxygens (including phenoxy) is 1. The van der Waals surface area contributed by atoms with Crippen molar-refractivity contribution in [3.63, 3.8) is 0 Å². The summed E-state index contributed by atoms with van der Waals surface area (Å²) in [5.41, 5.74) is 1.25. The summed E-state index contributed by atoms with van der Waals surface area (Å²) in [7, 11) is 0. The maximum atomic E-state index is 13.5. The molecule has 0 spiro atoms. The Morgan fingerprint density at radius 1 is 0.968 bits per heavy atom. The fourth-order valence-electron chi connectivity index (χ4n) is 4.25. The van der Waals surface area contributed by atoms with E-state index in [4.69, 9.17) is 9.15 Å². The molecular formula is C26H23NO4. The van der Waals surface area contributed by atoms with Gasteiger partial charge in [-0.2, -0.15) is 0 Å². The fraction of sp³-hybridized carbons (Fsp3) is 0.231. The second-order valence-electron chi connectivity index (χ2n) is 7.93. The van der Waals surface area contributed by atoms with E-state index in [1.54, 1.807) is 29.2 Å². The van der Waals surface area contributed by atoms with E-state index < -0.39 is 0 Å². The Bertz CT molecular complexity index is 1300. The van der Waals surface area contributed by atoms with Gasteiger partial charge in [0.2, 0.25) is 0 Å². The first-order valence-electron chi connectivity index (χ1n) is 10.6. The Hall–Kier alpha value is -3.44. The van der Waals surface area contributed by atoms with E-state index in [1.807, 2.05) is 24.3 Å². The van der Waals surface area contributed by atoms with Crippen LogP contribution in [0.5, 0.6) is 0 Å². The molecule has 2 heterocycles. The summed E-state index contributed by atoms with van der Waals surface area (Å²) < 4.78 is 11.6. The van der Waals surface area contributed by atoms with Crippen LogP contribution in [0.15, 0.2) is 82.0 Å². The monoisotopic (exact) mass is 413 g/mol. The highest BCUT2D eigenvalue weighted by molar-refractivity contribution is 5.94. The molecule has 156 valence electrons. The average Bonchev–Trinajstić information content (AvgIpc) is 3.31. The average molecular weight is 413 g/mol. The van der Waals surface area contributed by atoms with Gasteiger partial charge in [0.15, 0.2) is 11.2 Å². The molecule has 5 heteroatoms. The van der Waals surface area contributed by atoms with Crippen LogP contribution in [-0.4, -0.2) is 30.1 Å². The zero-order valence-corrected chi connectivity index (χ0v) is 17.1. The van der Waals surface area contributed by atoms with E-state index in [9.17, 15) is 9.59 Å². The van der Waals surface area contributed by atoms with Crippen LogP contribution in [0.1, 0.15) is 29.0 Å². The van der Waals surface area contributed by atoms with Crippen molar-refractivity contribution in [1.82, 2.24) is 4.90 Å². The van der Waals surface area contributed by atoms with Crippen molar-refractivity contribution in [2.45, 2.75) is 25.5 Å². The summed E-state index contributed by atoms with van der Waals surface area (Å²) in [6, 6.07) is 22.5. The summed E-state index contributed by atoms with van der Waals surface area (Å²) in [5.74, 6) is -0.242. The number of amides is 1. The van der Waals surface area contributed by atoms with Gasteiger partial charge in [-0.05, 0) is 41.3 Å².